The molecule has 200 valence electrons. The summed E-state index contributed by atoms with van der Waals surface area (Å²) in [6, 6.07) is 6.55. The summed E-state index contributed by atoms with van der Waals surface area (Å²) in [4.78, 5) is 19.1. The molecule has 0 radical (unpaired) electrons. The molecule has 1 amide bonds. The summed E-state index contributed by atoms with van der Waals surface area (Å²) in [7, 11) is 0.997. The second-order valence-electron chi connectivity index (χ2n) is 7.75. The predicted molar refractivity (Wildman–Crippen MR) is 133 cm³/mol. The highest BCUT2D eigenvalue weighted by Crippen LogP contribution is 2.40. The number of nitriles is 1. The van der Waals surface area contributed by atoms with Gasteiger partial charge in [-0.15, -0.1) is 0 Å². The number of halogens is 3. The minimum absolute atomic E-state index is 0.0863. The van der Waals surface area contributed by atoms with Crippen LogP contribution in [-0.2, 0) is 22.4 Å². The molecule has 2 heterocycles. The molecule has 1 aliphatic heterocycles. The maximum absolute atomic E-state index is 13.7. The number of hydrogen-bond acceptors (Lipinski definition) is 6. The molecule has 0 spiro atoms. The van der Waals surface area contributed by atoms with E-state index >= 15 is 0 Å². The van der Waals surface area contributed by atoms with Crippen molar-refractivity contribution < 1.29 is 32.2 Å². The van der Waals surface area contributed by atoms with Crippen molar-refractivity contribution in [3.8, 4) is 11.8 Å². The Morgan fingerprint density at radius 2 is 1.95 bits per heavy atom. The summed E-state index contributed by atoms with van der Waals surface area (Å²) in [6.07, 6.45) is -2.32. The number of carbonyl (C=O) groups excluding carboxylic acids is 1. The highest BCUT2D eigenvalue weighted by Gasteiger charge is 2.43. The Morgan fingerprint density at radius 1 is 1.22 bits per heavy atom. The van der Waals surface area contributed by atoms with Crippen LogP contribution in [0.3, 0.4) is 0 Å². The SMILES string of the molecule is CC.CCO/C=C/c1cc2c(c(C(OC)C(F)(F)F)c1)CCN(Cc1cc(OCC)c(C#N)cn1)C2=O. The standard InChI is InChI=1S/C25H26F3N3O4.C2H6/c1-4-34-9-7-16-10-20(23(33-3)25(26,27)28)19-6-8-31(24(32)21(19)11-16)15-18-12-22(35-5-2)17(13-29)14-30-18;1-2/h7,9-12,14,23H,4-6,8,15H2,1-3H3;1-2H3/b9-7+;. The van der Waals surface area contributed by atoms with Gasteiger partial charge in [-0.1, -0.05) is 13.8 Å². The molecule has 0 fully saturated rings. The summed E-state index contributed by atoms with van der Waals surface area (Å²) in [6.45, 7) is 8.64. The van der Waals surface area contributed by atoms with Crippen molar-refractivity contribution in [3.63, 3.8) is 0 Å². The first-order valence-electron chi connectivity index (χ1n) is 12.1. The normalized spacial score (nSPS) is 13.9. The average Bonchev–Trinajstić information content (AvgIpc) is 2.87. The topological polar surface area (TPSA) is 84.7 Å². The zero-order valence-electron chi connectivity index (χ0n) is 21.7. The van der Waals surface area contributed by atoms with Gasteiger partial charge in [-0.3, -0.25) is 9.78 Å². The van der Waals surface area contributed by atoms with Crippen molar-refractivity contribution in [2.24, 2.45) is 0 Å². The van der Waals surface area contributed by atoms with Crippen molar-refractivity contribution in [1.29, 1.82) is 5.26 Å². The van der Waals surface area contributed by atoms with E-state index in [9.17, 15) is 23.2 Å². The van der Waals surface area contributed by atoms with Crippen LogP contribution in [0.4, 0.5) is 13.2 Å². The molecule has 1 unspecified atom stereocenters. The van der Waals surface area contributed by atoms with Crippen LogP contribution in [0.25, 0.3) is 6.08 Å². The van der Waals surface area contributed by atoms with Crippen molar-refractivity contribution >= 4 is 12.0 Å². The number of hydrogen-bond donors (Lipinski definition) is 0. The number of rotatable bonds is 9. The van der Waals surface area contributed by atoms with E-state index < -0.39 is 18.2 Å². The number of carbonyl (C=O) groups is 1. The van der Waals surface area contributed by atoms with Gasteiger partial charge in [-0.2, -0.15) is 18.4 Å². The molecule has 2 aromatic rings. The van der Waals surface area contributed by atoms with Gasteiger partial charge in [0.05, 0.1) is 31.7 Å². The maximum atomic E-state index is 13.7. The zero-order valence-corrected chi connectivity index (χ0v) is 21.7. The van der Waals surface area contributed by atoms with E-state index in [4.69, 9.17) is 14.2 Å². The van der Waals surface area contributed by atoms with Crippen LogP contribution in [0.1, 0.15) is 72.1 Å². The fourth-order valence-electron chi connectivity index (χ4n) is 3.97. The van der Waals surface area contributed by atoms with E-state index in [1.54, 1.807) is 26.0 Å². The summed E-state index contributed by atoms with van der Waals surface area (Å²) in [5, 5.41) is 9.22. The fraction of sp³-hybridized carbons (Fsp3) is 0.444. The van der Waals surface area contributed by atoms with E-state index in [1.165, 1.54) is 29.5 Å². The van der Waals surface area contributed by atoms with Gasteiger partial charge in [0.15, 0.2) is 6.10 Å². The average molecular weight is 520 g/mol. The van der Waals surface area contributed by atoms with Gasteiger partial charge in [-0.25, -0.2) is 0 Å². The lowest BCUT2D eigenvalue weighted by atomic mass is 9.88. The summed E-state index contributed by atoms with van der Waals surface area (Å²) in [5.41, 5.74) is 1.57. The Balaban J connectivity index is 0.00000235. The van der Waals surface area contributed by atoms with Crippen LogP contribution in [0.5, 0.6) is 5.75 Å². The van der Waals surface area contributed by atoms with Crippen LogP contribution in [0.2, 0.25) is 0 Å². The second kappa shape index (κ2) is 13.7. The number of ether oxygens (including phenoxy) is 3. The van der Waals surface area contributed by atoms with Crippen LogP contribution in [-0.4, -0.2) is 48.8 Å². The van der Waals surface area contributed by atoms with E-state index in [0.717, 1.165) is 7.11 Å². The van der Waals surface area contributed by atoms with Gasteiger partial charge in [0.25, 0.3) is 5.91 Å². The molecule has 3 rings (SSSR count). The Kier molecular flexibility index (Phi) is 10.9. The molecule has 1 aromatic heterocycles. The van der Waals surface area contributed by atoms with Gasteiger partial charge in [0.1, 0.15) is 17.4 Å². The fourth-order valence-corrected chi connectivity index (χ4v) is 3.97. The minimum atomic E-state index is -4.65. The first-order valence-corrected chi connectivity index (χ1v) is 12.1. The second-order valence-corrected chi connectivity index (χ2v) is 7.75. The van der Waals surface area contributed by atoms with Crippen LogP contribution >= 0.6 is 0 Å². The zero-order chi connectivity index (χ0) is 27.6. The van der Waals surface area contributed by atoms with Crippen molar-refractivity contribution in [1.82, 2.24) is 9.88 Å². The third-order valence-corrected chi connectivity index (χ3v) is 5.49. The van der Waals surface area contributed by atoms with E-state index in [1.807, 2.05) is 19.9 Å². The van der Waals surface area contributed by atoms with E-state index in [2.05, 4.69) is 4.98 Å². The maximum Gasteiger partial charge on any atom is 0.418 e. The highest BCUT2D eigenvalue weighted by molar-refractivity contribution is 5.97. The molecule has 0 saturated heterocycles. The summed E-state index contributed by atoms with van der Waals surface area (Å²) >= 11 is 0. The molecule has 0 saturated carbocycles. The number of nitrogens with zero attached hydrogens (tertiary/aromatic N) is 3. The lowest BCUT2D eigenvalue weighted by molar-refractivity contribution is -0.216. The Hall–Kier alpha value is -3.58. The molecular weight excluding hydrogens is 487 g/mol. The van der Waals surface area contributed by atoms with E-state index in [-0.39, 0.29) is 36.2 Å². The summed E-state index contributed by atoms with van der Waals surface area (Å²) in [5.74, 6) is -0.0519. The smallest absolute Gasteiger partial charge is 0.418 e. The monoisotopic (exact) mass is 519 g/mol. The number of methoxy groups -OCH3 is 1. The molecule has 0 N–H and O–H groups in total. The largest absolute Gasteiger partial charge is 0.501 e. The van der Waals surface area contributed by atoms with Crippen molar-refractivity contribution in [3.05, 3.63) is 64.2 Å². The number of benzene rings is 1. The summed E-state index contributed by atoms with van der Waals surface area (Å²) < 4.78 is 56.7. The molecule has 1 atom stereocenters. The Bertz CT molecular complexity index is 1140. The molecule has 10 heteroatoms. The Morgan fingerprint density at radius 3 is 2.54 bits per heavy atom. The lowest BCUT2D eigenvalue weighted by Crippen LogP contribution is -2.38. The van der Waals surface area contributed by atoms with Crippen LogP contribution in [0, 0.1) is 11.3 Å². The molecule has 1 aromatic carbocycles. The van der Waals surface area contributed by atoms with Crippen molar-refractivity contribution in [2.45, 2.75) is 52.9 Å². The van der Waals surface area contributed by atoms with Gasteiger partial charge >= 0.3 is 6.18 Å². The molecular formula is C27H32F3N3O4. The van der Waals surface area contributed by atoms with Gasteiger partial charge in [-0.05, 0) is 55.2 Å². The Labute approximate surface area is 215 Å². The number of amides is 1. The van der Waals surface area contributed by atoms with Crippen LogP contribution in [0.15, 0.2) is 30.7 Å². The number of alkyl halides is 3. The first kappa shape index (κ1) is 29.6. The number of pyridine rings is 1. The number of aromatic nitrogens is 1. The van der Waals surface area contributed by atoms with Crippen molar-refractivity contribution in [2.75, 3.05) is 26.9 Å². The van der Waals surface area contributed by atoms with Gasteiger partial charge in [0.2, 0.25) is 0 Å². The number of fused-ring (bicyclic) bond motifs is 1. The molecule has 7 nitrogen and oxygen atoms in total. The lowest BCUT2D eigenvalue weighted by Gasteiger charge is -2.32. The molecule has 0 bridgehead atoms. The van der Waals surface area contributed by atoms with E-state index in [0.29, 0.717) is 35.8 Å². The van der Waals surface area contributed by atoms with Gasteiger partial charge < -0.3 is 19.1 Å². The van der Waals surface area contributed by atoms with Gasteiger partial charge in [0, 0.05) is 31.5 Å². The molecule has 1 aliphatic rings. The molecule has 0 aliphatic carbocycles. The molecule has 37 heavy (non-hydrogen) atoms. The van der Waals surface area contributed by atoms with Crippen LogP contribution < -0.4 is 4.74 Å². The third-order valence-electron chi connectivity index (χ3n) is 5.49. The first-order chi connectivity index (χ1) is 17.7. The minimum Gasteiger partial charge on any atom is -0.501 e. The predicted octanol–water partition coefficient (Wildman–Crippen LogP) is 5.83. The third kappa shape index (κ3) is 7.23. The highest BCUT2D eigenvalue weighted by atomic mass is 19.4. The quantitative estimate of drug-likeness (QED) is 0.388.